The van der Waals surface area contributed by atoms with Crippen molar-refractivity contribution in [3.63, 3.8) is 0 Å². The maximum absolute atomic E-state index is 11.5. The predicted octanol–water partition coefficient (Wildman–Crippen LogP) is 2.75. The fourth-order valence-electron chi connectivity index (χ4n) is 2.76. The summed E-state index contributed by atoms with van der Waals surface area (Å²) in [5.41, 5.74) is -0.458. The number of aliphatic carboxylic acids is 1. The van der Waals surface area contributed by atoms with Gasteiger partial charge in [-0.15, -0.1) is 0 Å². The van der Waals surface area contributed by atoms with E-state index in [0.29, 0.717) is 0 Å². The van der Waals surface area contributed by atoms with Crippen LogP contribution in [0.5, 0.6) is 0 Å². The van der Waals surface area contributed by atoms with Crippen LogP contribution in [0.1, 0.15) is 52.4 Å². The van der Waals surface area contributed by atoms with E-state index in [1.807, 2.05) is 0 Å². The topological polar surface area (TPSA) is 40.5 Å². The molecule has 1 rings (SSSR count). The number of carboxylic acids is 1. The van der Waals surface area contributed by atoms with Gasteiger partial charge in [-0.05, 0) is 38.8 Å². The minimum atomic E-state index is -0.587. The molecule has 0 aromatic heterocycles. The standard InChI is InChI=1S/C13H25NO2/c1-3-5-9-14-10-6-8-13(11-14,7-4-2)12(15)16/h3-11H2,1-2H3,(H,15,16). The monoisotopic (exact) mass is 227 g/mol. The smallest absolute Gasteiger partial charge is 0.310 e. The molecule has 1 aliphatic rings. The number of carbonyl (C=O) groups is 1. The Kier molecular flexibility index (Phi) is 5.26. The van der Waals surface area contributed by atoms with Gasteiger partial charge in [-0.1, -0.05) is 26.7 Å². The van der Waals surface area contributed by atoms with Crippen LogP contribution in [0.4, 0.5) is 0 Å². The molecule has 3 heteroatoms. The molecule has 1 saturated heterocycles. The number of rotatable bonds is 6. The zero-order valence-corrected chi connectivity index (χ0v) is 10.7. The van der Waals surface area contributed by atoms with Gasteiger partial charge in [0.2, 0.25) is 0 Å². The van der Waals surface area contributed by atoms with Gasteiger partial charge in [0.15, 0.2) is 0 Å². The zero-order chi connectivity index (χ0) is 12.0. The molecule has 0 aliphatic carbocycles. The summed E-state index contributed by atoms with van der Waals surface area (Å²) in [5, 5.41) is 9.44. The van der Waals surface area contributed by atoms with Crippen LogP contribution < -0.4 is 0 Å². The van der Waals surface area contributed by atoms with E-state index in [4.69, 9.17) is 0 Å². The maximum atomic E-state index is 11.5. The lowest BCUT2D eigenvalue weighted by Gasteiger charge is -2.40. The number of unbranched alkanes of at least 4 members (excludes halogenated alkanes) is 1. The Morgan fingerprint density at radius 1 is 1.38 bits per heavy atom. The summed E-state index contributed by atoms with van der Waals surface area (Å²) < 4.78 is 0. The Hall–Kier alpha value is -0.570. The summed E-state index contributed by atoms with van der Waals surface area (Å²) in [6, 6.07) is 0. The number of piperidine rings is 1. The number of hydrogen-bond acceptors (Lipinski definition) is 2. The molecule has 0 saturated carbocycles. The maximum Gasteiger partial charge on any atom is 0.310 e. The van der Waals surface area contributed by atoms with E-state index >= 15 is 0 Å². The van der Waals surface area contributed by atoms with Crippen LogP contribution in [0.3, 0.4) is 0 Å². The van der Waals surface area contributed by atoms with E-state index in [2.05, 4.69) is 18.7 Å². The predicted molar refractivity (Wildman–Crippen MR) is 65.6 cm³/mol. The number of likely N-dealkylation sites (tertiary alicyclic amines) is 1. The molecular weight excluding hydrogens is 202 g/mol. The first-order chi connectivity index (χ1) is 7.64. The first-order valence-electron chi connectivity index (χ1n) is 6.60. The van der Waals surface area contributed by atoms with Crippen LogP contribution in [0.15, 0.2) is 0 Å². The minimum Gasteiger partial charge on any atom is -0.481 e. The van der Waals surface area contributed by atoms with E-state index in [-0.39, 0.29) is 0 Å². The molecule has 1 unspecified atom stereocenters. The van der Waals surface area contributed by atoms with Crippen molar-refractivity contribution in [1.29, 1.82) is 0 Å². The van der Waals surface area contributed by atoms with Crippen molar-refractivity contribution in [2.75, 3.05) is 19.6 Å². The Bertz CT molecular complexity index is 226. The van der Waals surface area contributed by atoms with E-state index in [0.717, 1.165) is 45.3 Å². The number of carboxylic acid groups (broad SMARTS) is 1. The van der Waals surface area contributed by atoms with Crippen LogP contribution in [0.25, 0.3) is 0 Å². The molecule has 0 radical (unpaired) electrons. The van der Waals surface area contributed by atoms with E-state index in [1.165, 1.54) is 12.8 Å². The van der Waals surface area contributed by atoms with E-state index in [1.54, 1.807) is 0 Å². The van der Waals surface area contributed by atoms with E-state index < -0.39 is 11.4 Å². The van der Waals surface area contributed by atoms with Crippen molar-refractivity contribution in [3.8, 4) is 0 Å². The lowest BCUT2D eigenvalue weighted by atomic mass is 9.76. The molecule has 1 heterocycles. The normalized spacial score (nSPS) is 26.9. The second-order valence-electron chi connectivity index (χ2n) is 5.07. The summed E-state index contributed by atoms with van der Waals surface area (Å²) in [5.74, 6) is -0.587. The largest absolute Gasteiger partial charge is 0.481 e. The molecule has 0 spiro atoms. The molecule has 3 nitrogen and oxygen atoms in total. The minimum absolute atomic E-state index is 0.458. The molecule has 0 aromatic rings. The second-order valence-corrected chi connectivity index (χ2v) is 5.07. The molecule has 1 atom stereocenters. The highest BCUT2D eigenvalue weighted by Crippen LogP contribution is 2.35. The molecule has 1 fully saturated rings. The summed E-state index contributed by atoms with van der Waals surface area (Å²) in [4.78, 5) is 13.8. The third-order valence-electron chi connectivity index (χ3n) is 3.67. The summed E-state index contributed by atoms with van der Waals surface area (Å²) in [7, 11) is 0. The van der Waals surface area contributed by atoms with Crippen LogP contribution in [0, 0.1) is 5.41 Å². The highest BCUT2D eigenvalue weighted by atomic mass is 16.4. The molecule has 0 aromatic carbocycles. The summed E-state index contributed by atoms with van der Waals surface area (Å²) >= 11 is 0. The molecule has 0 bridgehead atoms. The number of hydrogen-bond donors (Lipinski definition) is 1. The quantitative estimate of drug-likeness (QED) is 0.758. The first-order valence-corrected chi connectivity index (χ1v) is 6.60. The van der Waals surface area contributed by atoms with Gasteiger partial charge in [-0.3, -0.25) is 4.79 Å². The number of nitrogens with zero attached hydrogens (tertiary/aromatic N) is 1. The Balaban J connectivity index is 2.60. The lowest BCUT2D eigenvalue weighted by molar-refractivity contribution is -0.153. The second kappa shape index (κ2) is 6.24. The van der Waals surface area contributed by atoms with Crippen molar-refractivity contribution in [3.05, 3.63) is 0 Å². The van der Waals surface area contributed by atoms with Gasteiger partial charge in [0, 0.05) is 6.54 Å². The Morgan fingerprint density at radius 2 is 2.12 bits per heavy atom. The van der Waals surface area contributed by atoms with Crippen molar-refractivity contribution in [2.45, 2.75) is 52.4 Å². The molecule has 0 amide bonds. The third-order valence-corrected chi connectivity index (χ3v) is 3.67. The van der Waals surface area contributed by atoms with Gasteiger partial charge in [0.05, 0.1) is 5.41 Å². The molecule has 94 valence electrons. The van der Waals surface area contributed by atoms with Crippen molar-refractivity contribution >= 4 is 5.97 Å². The lowest BCUT2D eigenvalue weighted by Crippen LogP contribution is -2.48. The van der Waals surface area contributed by atoms with Crippen LogP contribution in [0.2, 0.25) is 0 Å². The summed E-state index contributed by atoms with van der Waals surface area (Å²) in [6.45, 7) is 7.17. The molecule has 1 aliphatic heterocycles. The highest BCUT2D eigenvalue weighted by Gasteiger charge is 2.41. The average molecular weight is 227 g/mol. The van der Waals surface area contributed by atoms with Crippen molar-refractivity contribution < 1.29 is 9.90 Å². The molecule has 1 N–H and O–H groups in total. The van der Waals surface area contributed by atoms with Gasteiger partial charge >= 0.3 is 5.97 Å². The van der Waals surface area contributed by atoms with Crippen LogP contribution in [-0.4, -0.2) is 35.6 Å². The van der Waals surface area contributed by atoms with Gasteiger partial charge in [-0.25, -0.2) is 0 Å². The highest BCUT2D eigenvalue weighted by molar-refractivity contribution is 5.75. The first kappa shape index (κ1) is 13.5. The Labute approximate surface area is 98.8 Å². The van der Waals surface area contributed by atoms with Gasteiger partial charge < -0.3 is 10.0 Å². The van der Waals surface area contributed by atoms with E-state index in [9.17, 15) is 9.90 Å². The third kappa shape index (κ3) is 3.21. The molecular formula is C13H25NO2. The van der Waals surface area contributed by atoms with Crippen LogP contribution >= 0.6 is 0 Å². The van der Waals surface area contributed by atoms with Crippen molar-refractivity contribution in [2.24, 2.45) is 5.41 Å². The fraction of sp³-hybridized carbons (Fsp3) is 0.923. The fourth-order valence-corrected chi connectivity index (χ4v) is 2.76. The average Bonchev–Trinajstić information content (AvgIpc) is 2.27. The van der Waals surface area contributed by atoms with Gasteiger partial charge in [0.25, 0.3) is 0 Å². The Morgan fingerprint density at radius 3 is 2.69 bits per heavy atom. The van der Waals surface area contributed by atoms with Gasteiger partial charge in [0.1, 0.15) is 0 Å². The zero-order valence-electron chi connectivity index (χ0n) is 10.7. The summed E-state index contributed by atoms with van der Waals surface area (Å²) in [6.07, 6.45) is 6.06. The van der Waals surface area contributed by atoms with Crippen molar-refractivity contribution in [1.82, 2.24) is 4.90 Å². The van der Waals surface area contributed by atoms with Gasteiger partial charge in [-0.2, -0.15) is 0 Å². The molecule has 16 heavy (non-hydrogen) atoms. The SMILES string of the molecule is CCCCN1CCCC(CCC)(C(=O)O)C1. The van der Waals surface area contributed by atoms with Crippen LogP contribution in [-0.2, 0) is 4.79 Å².